The number of hydrogen-bond acceptors (Lipinski definition) is 6. The lowest BCUT2D eigenvalue weighted by Crippen LogP contribution is -2.20. The largest absolute Gasteiger partial charge is 0.493 e. The molecule has 0 aliphatic rings. The highest BCUT2D eigenvalue weighted by atomic mass is 32.2. The number of benzene rings is 2. The van der Waals surface area contributed by atoms with Crippen molar-refractivity contribution in [1.29, 1.82) is 0 Å². The summed E-state index contributed by atoms with van der Waals surface area (Å²) in [6.45, 7) is 0. The number of anilines is 1. The minimum atomic E-state index is -5.14. The summed E-state index contributed by atoms with van der Waals surface area (Å²) < 4.78 is 104. The monoisotopic (exact) mass is 454 g/mol. The first-order valence-electron chi connectivity index (χ1n) is 7.57. The lowest BCUT2D eigenvalue weighted by Gasteiger charge is -2.11. The number of methoxy groups -OCH3 is 2. The van der Waals surface area contributed by atoms with E-state index in [9.17, 15) is 40.5 Å². The molecular formula is C16H11F5N2O6S. The maximum absolute atomic E-state index is 13.8. The molecule has 0 atom stereocenters. The number of ether oxygens (including phenoxy) is 2. The lowest BCUT2D eigenvalue weighted by atomic mass is 10.1. The molecule has 0 bridgehead atoms. The fourth-order valence-corrected chi connectivity index (χ4v) is 3.22. The molecule has 2 aromatic carbocycles. The average molecular weight is 454 g/mol. The molecule has 0 aliphatic carbocycles. The highest BCUT2D eigenvalue weighted by Crippen LogP contribution is 2.31. The molecule has 0 saturated carbocycles. The van der Waals surface area contributed by atoms with Gasteiger partial charge in [-0.1, -0.05) is 0 Å². The Morgan fingerprint density at radius 1 is 0.967 bits per heavy atom. The summed E-state index contributed by atoms with van der Waals surface area (Å²) in [7, 11) is -2.63. The second-order valence-corrected chi connectivity index (χ2v) is 7.03. The molecule has 2 rings (SSSR count). The van der Waals surface area contributed by atoms with E-state index in [0.29, 0.717) is 0 Å². The van der Waals surface area contributed by atoms with Crippen molar-refractivity contribution in [3.63, 3.8) is 0 Å². The molecule has 1 N–H and O–H groups in total. The number of halogens is 5. The summed E-state index contributed by atoms with van der Waals surface area (Å²) >= 11 is 0. The van der Waals surface area contributed by atoms with Crippen LogP contribution in [0, 0.1) is 39.2 Å². The van der Waals surface area contributed by atoms with Gasteiger partial charge in [-0.05, 0) is 12.1 Å². The molecule has 0 amide bonds. The summed E-state index contributed by atoms with van der Waals surface area (Å²) in [5.74, 6) is -12.0. The van der Waals surface area contributed by atoms with E-state index in [0.717, 1.165) is 12.1 Å². The summed E-state index contributed by atoms with van der Waals surface area (Å²) in [5, 5.41) is 9.32. The van der Waals surface area contributed by atoms with Gasteiger partial charge in [0.15, 0.2) is 34.8 Å². The quantitative estimate of drug-likeness (QED) is 0.226. The zero-order valence-electron chi connectivity index (χ0n) is 15.0. The summed E-state index contributed by atoms with van der Waals surface area (Å²) in [4.78, 5) is 9.62. The molecule has 0 spiro atoms. The van der Waals surface area contributed by atoms with E-state index < -0.39 is 54.6 Å². The van der Waals surface area contributed by atoms with Gasteiger partial charge in [0.2, 0.25) is 5.82 Å². The third-order valence-electron chi connectivity index (χ3n) is 3.60. The van der Waals surface area contributed by atoms with Crippen LogP contribution in [0.25, 0.3) is 6.08 Å². The van der Waals surface area contributed by atoms with Gasteiger partial charge >= 0.3 is 15.1 Å². The van der Waals surface area contributed by atoms with Crippen LogP contribution in [-0.4, -0.2) is 27.6 Å². The smallest absolute Gasteiger partial charge is 0.379 e. The van der Waals surface area contributed by atoms with Gasteiger partial charge in [-0.25, -0.2) is 22.0 Å². The zero-order chi connectivity index (χ0) is 22.8. The van der Waals surface area contributed by atoms with Crippen molar-refractivity contribution in [3.05, 3.63) is 68.0 Å². The first kappa shape index (κ1) is 22.9. The third kappa shape index (κ3) is 4.27. The molecule has 0 unspecified atom stereocenters. The predicted molar refractivity (Wildman–Crippen MR) is 93.3 cm³/mol. The number of nitro groups is 1. The van der Waals surface area contributed by atoms with Crippen molar-refractivity contribution >= 4 is 21.8 Å². The van der Waals surface area contributed by atoms with Gasteiger partial charge in [0.05, 0.1) is 30.4 Å². The third-order valence-corrected chi connectivity index (χ3v) is 4.92. The fourth-order valence-electron chi connectivity index (χ4n) is 2.21. The molecule has 14 heteroatoms. The van der Waals surface area contributed by atoms with Crippen LogP contribution in [0.3, 0.4) is 0 Å². The highest BCUT2D eigenvalue weighted by Gasteiger charge is 2.33. The Bertz CT molecular complexity index is 1120. The molecule has 0 saturated heterocycles. The van der Waals surface area contributed by atoms with Crippen LogP contribution in [0.2, 0.25) is 0 Å². The molecule has 0 heterocycles. The minimum absolute atomic E-state index is 0.0316. The summed E-state index contributed by atoms with van der Waals surface area (Å²) in [6, 6.07) is 3.44. The van der Waals surface area contributed by atoms with Gasteiger partial charge in [0, 0.05) is 12.1 Å². The zero-order valence-corrected chi connectivity index (χ0v) is 15.8. The Kier molecular flexibility index (Phi) is 6.50. The SMILES string of the molecule is COc1ccc(NS(=O)(=O)/C(=C/c2c(F)c(F)c(F)c(F)c2F)[N+](=O)[O-])cc1OC. The average Bonchev–Trinajstić information content (AvgIpc) is 2.69. The van der Waals surface area contributed by atoms with E-state index >= 15 is 0 Å². The van der Waals surface area contributed by atoms with Crippen LogP contribution in [0.1, 0.15) is 5.56 Å². The van der Waals surface area contributed by atoms with Gasteiger partial charge in [-0.15, -0.1) is 0 Å². The van der Waals surface area contributed by atoms with Crippen molar-refractivity contribution in [3.8, 4) is 11.5 Å². The predicted octanol–water partition coefficient (Wildman–Crippen LogP) is 3.42. The van der Waals surface area contributed by atoms with Crippen molar-refractivity contribution in [2.24, 2.45) is 0 Å². The number of nitrogens with zero attached hydrogens (tertiary/aromatic N) is 1. The number of hydrogen-bond donors (Lipinski definition) is 1. The molecule has 162 valence electrons. The molecular weight excluding hydrogens is 443 g/mol. The first-order valence-corrected chi connectivity index (χ1v) is 9.05. The van der Waals surface area contributed by atoms with Gasteiger partial charge in [-0.2, -0.15) is 8.42 Å². The van der Waals surface area contributed by atoms with E-state index in [1.165, 1.54) is 20.3 Å². The Labute approximate surface area is 165 Å². The fraction of sp³-hybridized carbons (Fsp3) is 0.125. The maximum atomic E-state index is 13.8. The molecule has 0 radical (unpaired) electrons. The Hall–Kier alpha value is -3.42. The van der Waals surface area contributed by atoms with Crippen molar-refractivity contribution in [2.45, 2.75) is 0 Å². The minimum Gasteiger partial charge on any atom is -0.493 e. The standard InChI is InChI=1S/C16H11F5N2O6S/c1-28-9-4-3-7(5-10(9)29-2)22-30(26,27)11(23(24)25)6-8-12(17)14(19)16(21)15(20)13(8)18/h3-6,22H,1-2H3/b11-6+. The van der Waals surface area contributed by atoms with E-state index in [1.807, 2.05) is 0 Å². The van der Waals surface area contributed by atoms with Gasteiger partial charge < -0.3 is 9.47 Å². The topological polar surface area (TPSA) is 108 Å². The van der Waals surface area contributed by atoms with Crippen LogP contribution >= 0.6 is 0 Å². The van der Waals surface area contributed by atoms with Crippen LogP contribution in [0.15, 0.2) is 23.2 Å². The van der Waals surface area contributed by atoms with E-state index in [4.69, 9.17) is 9.47 Å². The van der Waals surface area contributed by atoms with Crippen molar-refractivity contribution < 1.29 is 44.8 Å². The number of nitrogens with one attached hydrogen (secondary N) is 1. The Balaban J connectivity index is 2.60. The summed E-state index contributed by atoms with van der Waals surface area (Å²) in [5.41, 5.74) is -2.08. The van der Waals surface area contributed by atoms with E-state index in [-0.39, 0.29) is 23.3 Å². The molecule has 0 fully saturated rings. The van der Waals surface area contributed by atoms with Crippen LogP contribution in [0.5, 0.6) is 11.5 Å². The second kappa shape index (κ2) is 8.52. The molecule has 8 nitrogen and oxygen atoms in total. The lowest BCUT2D eigenvalue weighted by molar-refractivity contribution is -0.410. The van der Waals surface area contributed by atoms with E-state index in [1.54, 1.807) is 4.72 Å². The summed E-state index contributed by atoms with van der Waals surface area (Å²) in [6.07, 6.45) is -0.278. The van der Waals surface area contributed by atoms with Crippen molar-refractivity contribution in [1.82, 2.24) is 0 Å². The molecule has 2 aromatic rings. The number of rotatable bonds is 7. The Morgan fingerprint density at radius 3 is 1.93 bits per heavy atom. The van der Waals surface area contributed by atoms with Crippen LogP contribution < -0.4 is 14.2 Å². The highest BCUT2D eigenvalue weighted by molar-refractivity contribution is 7.96. The molecule has 0 aliphatic heterocycles. The first-order chi connectivity index (χ1) is 13.9. The Morgan fingerprint density at radius 2 is 1.47 bits per heavy atom. The second-order valence-electron chi connectivity index (χ2n) is 5.40. The molecule has 30 heavy (non-hydrogen) atoms. The maximum Gasteiger partial charge on any atom is 0.379 e. The molecule has 0 aromatic heterocycles. The van der Waals surface area contributed by atoms with Gasteiger partial charge in [0.1, 0.15) is 0 Å². The van der Waals surface area contributed by atoms with Gasteiger partial charge in [-0.3, -0.25) is 14.8 Å². The van der Waals surface area contributed by atoms with Crippen LogP contribution in [-0.2, 0) is 10.0 Å². The normalized spacial score (nSPS) is 11.9. The van der Waals surface area contributed by atoms with Gasteiger partial charge in [0.25, 0.3) is 0 Å². The van der Waals surface area contributed by atoms with Crippen LogP contribution in [0.4, 0.5) is 27.6 Å². The van der Waals surface area contributed by atoms with E-state index in [2.05, 4.69) is 0 Å². The number of sulfonamides is 1. The van der Waals surface area contributed by atoms with Crippen molar-refractivity contribution in [2.75, 3.05) is 18.9 Å².